The van der Waals surface area contributed by atoms with Crippen LogP contribution in [0.15, 0.2) is 78.9 Å². The van der Waals surface area contributed by atoms with Crippen molar-refractivity contribution in [3.63, 3.8) is 0 Å². The molecule has 33 heavy (non-hydrogen) atoms. The highest BCUT2D eigenvalue weighted by Crippen LogP contribution is 2.42. The topological polar surface area (TPSA) is 63.4 Å². The summed E-state index contributed by atoms with van der Waals surface area (Å²) in [5.41, 5.74) is 10.7. The fourth-order valence-corrected chi connectivity index (χ4v) is 5.20. The van der Waals surface area contributed by atoms with Gasteiger partial charge in [-0.1, -0.05) is 78.9 Å². The Balaban J connectivity index is 1.85. The first-order chi connectivity index (χ1) is 16.0. The van der Waals surface area contributed by atoms with Crippen LogP contribution in [-0.2, 0) is 0 Å². The van der Waals surface area contributed by atoms with Gasteiger partial charge in [-0.25, -0.2) is 0 Å². The summed E-state index contributed by atoms with van der Waals surface area (Å²) in [5, 5.41) is 0. The Morgan fingerprint density at radius 1 is 0.788 bits per heavy atom. The SMILES string of the molecule is Cc1cccc(C2[C@@H](C(=O)c3ccccc3)CN(CCN)C[C@@H]2C(=O)c2ccccc2)c1C. The first-order valence-electron chi connectivity index (χ1n) is 11.7. The zero-order valence-corrected chi connectivity index (χ0v) is 19.4. The summed E-state index contributed by atoms with van der Waals surface area (Å²) in [4.78, 5) is 29.9. The van der Waals surface area contributed by atoms with Crippen LogP contribution in [0.3, 0.4) is 0 Å². The summed E-state index contributed by atoms with van der Waals surface area (Å²) in [7, 11) is 0. The molecule has 0 amide bonds. The summed E-state index contributed by atoms with van der Waals surface area (Å²) >= 11 is 0. The molecule has 0 aromatic heterocycles. The summed E-state index contributed by atoms with van der Waals surface area (Å²) in [6.07, 6.45) is 0. The van der Waals surface area contributed by atoms with Gasteiger partial charge >= 0.3 is 0 Å². The Morgan fingerprint density at radius 3 is 1.79 bits per heavy atom. The minimum Gasteiger partial charge on any atom is -0.329 e. The first kappa shape index (κ1) is 23.1. The Kier molecular flexibility index (Phi) is 7.17. The quantitative estimate of drug-likeness (QED) is 0.543. The number of nitrogens with two attached hydrogens (primary N) is 1. The molecular weight excluding hydrogens is 408 g/mol. The molecule has 3 aromatic rings. The van der Waals surface area contributed by atoms with Gasteiger partial charge in [0, 0.05) is 55.1 Å². The lowest BCUT2D eigenvalue weighted by Crippen LogP contribution is -2.51. The number of carbonyl (C=O) groups is 2. The number of benzene rings is 3. The fraction of sp³-hybridized carbons (Fsp3) is 0.310. The van der Waals surface area contributed by atoms with Gasteiger partial charge in [0.2, 0.25) is 0 Å². The molecule has 1 heterocycles. The van der Waals surface area contributed by atoms with Crippen LogP contribution in [0.5, 0.6) is 0 Å². The molecule has 4 nitrogen and oxygen atoms in total. The maximum atomic E-state index is 13.9. The molecule has 170 valence electrons. The molecule has 3 aromatic carbocycles. The second-order valence-electron chi connectivity index (χ2n) is 9.04. The first-order valence-corrected chi connectivity index (χ1v) is 11.7. The van der Waals surface area contributed by atoms with E-state index < -0.39 is 0 Å². The van der Waals surface area contributed by atoms with Crippen molar-refractivity contribution in [1.29, 1.82) is 0 Å². The highest BCUT2D eigenvalue weighted by atomic mass is 16.1. The lowest BCUT2D eigenvalue weighted by atomic mass is 9.67. The third kappa shape index (κ3) is 4.82. The van der Waals surface area contributed by atoms with Crippen LogP contribution in [0.4, 0.5) is 0 Å². The smallest absolute Gasteiger partial charge is 0.167 e. The zero-order chi connectivity index (χ0) is 23.4. The van der Waals surface area contributed by atoms with E-state index in [2.05, 4.69) is 30.9 Å². The molecule has 0 radical (unpaired) electrons. The molecule has 4 heteroatoms. The molecule has 0 aliphatic carbocycles. The Morgan fingerprint density at radius 2 is 1.30 bits per heavy atom. The van der Waals surface area contributed by atoms with Crippen LogP contribution in [0, 0.1) is 25.7 Å². The van der Waals surface area contributed by atoms with Crippen LogP contribution in [0.25, 0.3) is 0 Å². The number of aryl methyl sites for hydroxylation is 1. The average Bonchev–Trinajstić information content (AvgIpc) is 2.86. The summed E-state index contributed by atoms with van der Waals surface area (Å²) < 4.78 is 0. The highest BCUT2D eigenvalue weighted by Gasteiger charge is 2.45. The number of hydrogen-bond acceptors (Lipinski definition) is 4. The summed E-state index contributed by atoms with van der Waals surface area (Å²) in [6, 6.07) is 25.1. The van der Waals surface area contributed by atoms with Crippen molar-refractivity contribution in [2.45, 2.75) is 19.8 Å². The van der Waals surface area contributed by atoms with E-state index in [-0.39, 0.29) is 29.3 Å². The van der Waals surface area contributed by atoms with E-state index in [0.717, 1.165) is 11.1 Å². The van der Waals surface area contributed by atoms with Gasteiger partial charge in [-0.3, -0.25) is 9.59 Å². The predicted molar refractivity (Wildman–Crippen MR) is 133 cm³/mol. The molecule has 1 aliphatic rings. The molecule has 1 fully saturated rings. The minimum atomic E-state index is -0.328. The summed E-state index contributed by atoms with van der Waals surface area (Å²) in [5.74, 6) is -0.667. The number of Topliss-reactive ketones (excluding diaryl/α,β-unsaturated/α-hetero) is 2. The van der Waals surface area contributed by atoms with Gasteiger partial charge in [-0.15, -0.1) is 0 Å². The van der Waals surface area contributed by atoms with Crippen molar-refractivity contribution in [3.05, 3.63) is 107 Å². The fourth-order valence-electron chi connectivity index (χ4n) is 5.20. The number of nitrogens with zero attached hydrogens (tertiary/aromatic N) is 1. The second-order valence-corrected chi connectivity index (χ2v) is 9.04. The molecular formula is C29H32N2O2. The van der Waals surface area contributed by atoms with Crippen molar-refractivity contribution < 1.29 is 9.59 Å². The van der Waals surface area contributed by atoms with Crippen LogP contribution in [0.1, 0.15) is 43.3 Å². The largest absolute Gasteiger partial charge is 0.329 e. The van der Waals surface area contributed by atoms with Gasteiger partial charge in [0.25, 0.3) is 0 Å². The minimum absolute atomic E-state index is 0.0917. The molecule has 0 saturated carbocycles. The number of rotatable bonds is 7. The average molecular weight is 441 g/mol. The van der Waals surface area contributed by atoms with Gasteiger partial charge in [-0.05, 0) is 30.5 Å². The van der Waals surface area contributed by atoms with Crippen molar-refractivity contribution in [3.8, 4) is 0 Å². The van der Waals surface area contributed by atoms with Crippen molar-refractivity contribution in [2.75, 3.05) is 26.2 Å². The number of carbonyl (C=O) groups excluding carboxylic acids is 2. The highest BCUT2D eigenvalue weighted by molar-refractivity contribution is 6.02. The number of likely N-dealkylation sites (tertiary alicyclic amines) is 1. The van der Waals surface area contributed by atoms with Gasteiger partial charge in [0.05, 0.1) is 0 Å². The van der Waals surface area contributed by atoms with E-state index in [9.17, 15) is 9.59 Å². The number of hydrogen-bond donors (Lipinski definition) is 1. The Hall–Kier alpha value is -3.08. The summed E-state index contributed by atoms with van der Waals surface area (Å²) in [6.45, 7) is 6.54. The van der Waals surface area contributed by atoms with Crippen LogP contribution < -0.4 is 5.73 Å². The molecule has 2 atom stereocenters. The molecule has 4 rings (SSSR count). The normalized spacial score (nSPS) is 19.4. The standard InChI is InChI=1S/C29H32N2O2/c1-20-10-9-15-24(21(20)2)27-25(28(32)22-11-5-3-6-12-22)18-31(17-16-30)19-26(27)29(33)23-13-7-4-8-14-23/h3-15,25-27H,16-19,30H2,1-2H3/t25-,26-/m0/s1. The van der Waals surface area contributed by atoms with E-state index in [1.165, 1.54) is 5.56 Å². The maximum Gasteiger partial charge on any atom is 0.167 e. The predicted octanol–water partition coefficient (Wildman–Crippen LogP) is 4.66. The third-order valence-corrected chi connectivity index (χ3v) is 7.02. The Bertz CT molecular complexity index is 1050. The van der Waals surface area contributed by atoms with Crippen molar-refractivity contribution in [2.24, 2.45) is 17.6 Å². The van der Waals surface area contributed by atoms with E-state index in [0.29, 0.717) is 37.3 Å². The van der Waals surface area contributed by atoms with E-state index in [1.807, 2.05) is 66.7 Å². The molecule has 0 spiro atoms. The van der Waals surface area contributed by atoms with Gasteiger partial charge < -0.3 is 10.6 Å². The zero-order valence-electron chi connectivity index (χ0n) is 19.4. The van der Waals surface area contributed by atoms with Crippen LogP contribution >= 0.6 is 0 Å². The van der Waals surface area contributed by atoms with E-state index in [4.69, 9.17) is 5.73 Å². The molecule has 0 bridgehead atoms. The molecule has 1 aliphatic heterocycles. The third-order valence-electron chi connectivity index (χ3n) is 7.02. The number of piperidine rings is 1. The van der Waals surface area contributed by atoms with Gasteiger partial charge in [0.1, 0.15) is 0 Å². The molecule has 0 unspecified atom stereocenters. The van der Waals surface area contributed by atoms with Crippen LogP contribution in [0.2, 0.25) is 0 Å². The number of ketones is 2. The molecule has 2 N–H and O–H groups in total. The maximum absolute atomic E-state index is 13.9. The van der Waals surface area contributed by atoms with E-state index in [1.54, 1.807) is 0 Å². The van der Waals surface area contributed by atoms with E-state index >= 15 is 0 Å². The second kappa shape index (κ2) is 10.2. The monoisotopic (exact) mass is 440 g/mol. The Labute approximate surface area is 196 Å². The van der Waals surface area contributed by atoms with Crippen molar-refractivity contribution in [1.82, 2.24) is 4.90 Å². The van der Waals surface area contributed by atoms with Crippen LogP contribution in [-0.4, -0.2) is 42.6 Å². The molecule has 1 saturated heterocycles. The van der Waals surface area contributed by atoms with Crippen molar-refractivity contribution >= 4 is 11.6 Å². The lowest BCUT2D eigenvalue weighted by molar-refractivity contribution is 0.0579. The van der Waals surface area contributed by atoms with Gasteiger partial charge in [-0.2, -0.15) is 0 Å². The lowest BCUT2D eigenvalue weighted by Gasteiger charge is -2.43. The van der Waals surface area contributed by atoms with Gasteiger partial charge in [0.15, 0.2) is 11.6 Å².